The van der Waals surface area contributed by atoms with Crippen LogP contribution in [0.25, 0.3) is 0 Å². The van der Waals surface area contributed by atoms with E-state index in [4.69, 9.17) is 5.26 Å². The van der Waals surface area contributed by atoms with E-state index in [9.17, 15) is 0 Å². The number of anilines is 1. The van der Waals surface area contributed by atoms with Crippen LogP contribution in [0.4, 0.5) is 5.82 Å². The minimum Gasteiger partial charge on any atom is -0.370 e. The van der Waals surface area contributed by atoms with Crippen LogP contribution in [0.5, 0.6) is 0 Å². The molecule has 2 heterocycles. The maximum absolute atomic E-state index is 8.79. The molecule has 0 saturated carbocycles. The minimum absolute atomic E-state index is 0.389. The molecule has 0 aliphatic heterocycles. The van der Waals surface area contributed by atoms with Crippen LogP contribution in [-0.4, -0.2) is 21.5 Å². The molecule has 0 amide bonds. The van der Waals surface area contributed by atoms with Crippen LogP contribution >= 0.6 is 0 Å². The smallest absolute Gasteiger partial charge is 0.146 e. The third kappa shape index (κ3) is 3.05. The van der Waals surface area contributed by atoms with Crippen molar-refractivity contribution in [1.82, 2.24) is 15.0 Å². The summed E-state index contributed by atoms with van der Waals surface area (Å²) >= 11 is 0. The summed E-state index contributed by atoms with van der Waals surface area (Å²) in [6.07, 6.45) is 2.79. The summed E-state index contributed by atoms with van der Waals surface area (Å²) < 4.78 is 0. The molecule has 0 aliphatic rings. The Hall–Kier alpha value is -2.35. The van der Waals surface area contributed by atoms with Crippen LogP contribution in [0, 0.1) is 18.3 Å². The van der Waals surface area contributed by atoms with Crippen molar-refractivity contribution in [3.8, 4) is 6.07 Å². The molecule has 2 aromatic rings. The molecule has 0 atom stereocenters. The van der Waals surface area contributed by atoms with E-state index in [1.807, 2.05) is 24.4 Å². The molecule has 0 saturated heterocycles. The summed E-state index contributed by atoms with van der Waals surface area (Å²) in [5, 5.41) is 12.0. The Morgan fingerprint density at radius 1 is 1.47 bits per heavy atom. The predicted octanol–water partition coefficient (Wildman–Crippen LogP) is 1.64. The molecule has 0 spiro atoms. The van der Waals surface area contributed by atoms with Crippen LogP contribution in [0.3, 0.4) is 0 Å². The van der Waals surface area contributed by atoms with Crippen LogP contribution in [0.15, 0.2) is 24.4 Å². The molecule has 0 bridgehead atoms. The fourth-order valence-electron chi connectivity index (χ4n) is 1.56. The predicted molar refractivity (Wildman–Crippen MR) is 64.5 cm³/mol. The van der Waals surface area contributed by atoms with Gasteiger partial charge in [0.05, 0.1) is 0 Å². The van der Waals surface area contributed by atoms with Gasteiger partial charge in [0.25, 0.3) is 0 Å². The molecule has 2 rings (SSSR count). The average molecular weight is 227 g/mol. The number of nitrogens with zero attached hydrogens (tertiary/aromatic N) is 3. The molecule has 0 aliphatic carbocycles. The number of H-pyrrole nitrogens is 1. The zero-order chi connectivity index (χ0) is 12.1. The first-order valence-corrected chi connectivity index (χ1v) is 5.40. The van der Waals surface area contributed by atoms with E-state index in [0.29, 0.717) is 17.3 Å². The van der Waals surface area contributed by atoms with Crippen molar-refractivity contribution in [3.05, 3.63) is 41.6 Å². The fourth-order valence-corrected chi connectivity index (χ4v) is 1.56. The summed E-state index contributed by atoms with van der Waals surface area (Å²) in [5.41, 5.74) is 1.56. The number of aromatic amines is 1. The van der Waals surface area contributed by atoms with Gasteiger partial charge in [0.1, 0.15) is 23.4 Å². The number of nitrogens with one attached hydrogen (secondary N) is 2. The van der Waals surface area contributed by atoms with E-state index in [0.717, 1.165) is 13.0 Å². The first kappa shape index (κ1) is 11.1. The monoisotopic (exact) mass is 227 g/mol. The van der Waals surface area contributed by atoms with E-state index in [-0.39, 0.29) is 0 Å². The van der Waals surface area contributed by atoms with E-state index < -0.39 is 0 Å². The fraction of sp³-hybridized carbons (Fsp3) is 0.250. The summed E-state index contributed by atoms with van der Waals surface area (Å²) in [6.45, 7) is 2.54. The van der Waals surface area contributed by atoms with Crippen molar-refractivity contribution in [2.45, 2.75) is 13.3 Å². The van der Waals surface area contributed by atoms with Crippen molar-refractivity contribution < 1.29 is 0 Å². The number of nitriles is 1. The second kappa shape index (κ2) is 5.12. The van der Waals surface area contributed by atoms with Gasteiger partial charge in [-0.1, -0.05) is 0 Å². The molecule has 5 heteroatoms. The Kier molecular flexibility index (Phi) is 3.36. The molecule has 17 heavy (non-hydrogen) atoms. The summed E-state index contributed by atoms with van der Waals surface area (Å²) in [4.78, 5) is 11.3. The second-order valence-corrected chi connectivity index (χ2v) is 3.67. The van der Waals surface area contributed by atoms with Crippen LogP contribution in [-0.2, 0) is 6.42 Å². The molecule has 2 aromatic heterocycles. The Morgan fingerprint density at radius 3 is 3.06 bits per heavy atom. The summed E-state index contributed by atoms with van der Waals surface area (Å²) in [6, 6.07) is 7.67. The highest BCUT2D eigenvalue weighted by Gasteiger charge is 2.00. The van der Waals surface area contributed by atoms with Crippen LogP contribution < -0.4 is 5.32 Å². The highest BCUT2D eigenvalue weighted by molar-refractivity contribution is 5.39. The highest BCUT2D eigenvalue weighted by atomic mass is 15.0. The van der Waals surface area contributed by atoms with Gasteiger partial charge in [0.15, 0.2) is 0 Å². The lowest BCUT2D eigenvalue weighted by Crippen LogP contribution is -2.08. The topological polar surface area (TPSA) is 77.4 Å². The molecular weight excluding hydrogens is 214 g/mol. The molecule has 0 aromatic carbocycles. The van der Waals surface area contributed by atoms with E-state index in [2.05, 4.69) is 20.3 Å². The van der Waals surface area contributed by atoms with Crippen molar-refractivity contribution in [2.24, 2.45) is 0 Å². The minimum atomic E-state index is 0.389. The van der Waals surface area contributed by atoms with Gasteiger partial charge >= 0.3 is 0 Å². The van der Waals surface area contributed by atoms with Gasteiger partial charge in [0.2, 0.25) is 0 Å². The molecular formula is C12H13N5. The molecule has 5 nitrogen and oxygen atoms in total. The van der Waals surface area contributed by atoms with Gasteiger partial charge < -0.3 is 10.3 Å². The molecule has 86 valence electrons. The zero-order valence-electron chi connectivity index (χ0n) is 9.57. The van der Waals surface area contributed by atoms with Gasteiger partial charge in [-0.25, -0.2) is 9.97 Å². The maximum atomic E-state index is 8.79. The largest absolute Gasteiger partial charge is 0.370 e. The van der Waals surface area contributed by atoms with Gasteiger partial charge in [0, 0.05) is 30.9 Å². The lowest BCUT2D eigenvalue weighted by Gasteiger charge is -2.05. The standard InChI is InChI=1S/C12H13N5/c1-9-16-11(8-13)7-12(17-9)15-6-4-10-3-2-5-14-10/h2-3,5,7,14H,4,6H2,1H3,(H,15,16,17). The average Bonchev–Trinajstić information content (AvgIpc) is 2.81. The van der Waals surface area contributed by atoms with Crippen LogP contribution in [0.1, 0.15) is 17.2 Å². The molecule has 0 unspecified atom stereocenters. The van der Waals surface area contributed by atoms with Crippen molar-refractivity contribution in [1.29, 1.82) is 5.26 Å². The first-order valence-electron chi connectivity index (χ1n) is 5.40. The Morgan fingerprint density at radius 2 is 2.35 bits per heavy atom. The zero-order valence-corrected chi connectivity index (χ0v) is 9.57. The maximum Gasteiger partial charge on any atom is 0.146 e. The van der Waals surface area contributed by atoms with Gasteiger partial charge in [-0.15, -0.1) is 0 Å². The van der Waals surface area contributed by atoms with Gasteiger partial charge in [-0.05, 0) is 19.1 Å². The molecule has 2 N–H and O–H groups in total. The number of aryl methyl sites for hydroxylation is 1. The SMILES string of the molecule is Cc1nc(C#N)cc(NCCc2ccc[nH]2)n1. The number of aromatic nitrogens is 3. The van der Waals surface area contributed by atoms with E-state index in [1.165, 1.54) is 5.69 Å². The van der Waals surface area contributed by atoms with Gasteiger partial charge in [-0.2, -0.15) is 5.26 Å². The lowest BCUT2D eigenvalue weighted by molar-refractivity contribution is 0.952. The van der Waals surface area contributed by atoms with Crippen molar-refractivity contribution >= 4 is 5.82 Å². The van der Waals surface area contributed by atoms with E-state index >= 15 is 0 Å². The third-order valence-corrected chi connectivity index (χ3v) is 2.32. The Labute approximate surface area is 99.5 Å². The number of rotatable bonds is 4. The second-order valence-electron chi connectivity index (χ2n) is 3.67. The van der Waals surface area contributed by atoms with Gasteiger partial charge in [-0.3, -0.25) is 0 Å². The van der Waals surface area contributed by atoms with Crippen molar-refractivity contribution in [3.63, 3.8) is 0 Å². The summed E-state index contributed by atoms with van der Waals surface area (Å²) in [7, 11) is 0. The molecule has 0 radical (unpaired) electrons. The highest BCUT2D eigenvalue weighted by Crippen LogP contribution is 2.06. The Bertz CT molecular complexity index is 524. The first-order chi connectivity index (χ1) is 8.28. The quantitative estimate of drug-likeness (QED) is 0.832. The number of hydrogen-bond donors (Lipinski definition) is 2. The third-order valence-electron chi connectivity index (χ3n) is 2.32. The Balaban J connectivity index is 1.95. The van der Waals surface area contributed by atoms with Crippen LogP contribution in [0.2, 0.25) is 0 Å². The lowest BCUT2D eigenvalue weighted by atomic mass is 10.3. The number of hydrogen-bond acceptors (Lipinski definition) is 4. The van der Waals surface area contributed by atoms with E-state index in [1.54, 1.807) is 13.0 Å². The normalized spacial score (nSPS) is 9.88. The summed E-state index contributed by atoms with van der Waals surface area (Å²) in [5.74, 6) is 1.30. The molecule has 0 fully saturated rings. The van der Waals surface area contributed by atoms with Crippen molar-refractivity contribution in [2.75, 3.05) is 11.9 Å².